The van der Waals surface area contributed by atoms with E-state index in [-0.39, 0.29) is 11.8 Å². The molecular weight excluding hydrogens is 290 g/mol. The second kappa shape index (κ2) is 5.87. The van der Waals surface area contributed by atoms with Gasteiger partial charge in [-0.1, -0.05) is 41.9 Å². The van der Waals surface area contributed by atoms with Crippen molar-refractivity contribution in [3.8, 4) is 0 Å². The highest BCUT2D eigenvalue weighted by atomic mass is 79.9. The lowest BCUT2D eigenvalue weighted by molar-refractivity contribution is -0.135. The third-order valence-corrected chi connectivity index (χ3v) is 4.04. The quantitative estimate of drug-likeness (QED) is 0.813. The lowest BCUT2D eigenvalue weighted by Crippen LogP contribution is -2.41. The average molecular weight is 310 g/mol. The molecule has 1 aromatic carbocycles. The topological polar surface area (TPSA) is 20.3 Å². The summed E-state index contributed by atoms with van der Waals surface area (Å²) in [6.45, 7) is 5.74. The molecule has 0 aliphatic carbocycles. The van der Waals surface area contributed by atoms with Crippen molar-refractivity contribution in [3.05, 3.63) is 34.3 Å². The Morgan fingerprint density at radius 2 is 2.22 bits per heavy atom. The van der Waals surface area contributed by atoms with Crippen LogP contribution in [0.1, 0.15) is 38.2 Å². The normalized spacial score (nSPS) is 20.2. The summed E-state index contributed by atoms with van der Waals surface area (Å²) in [5.41, 5.74) is 1.34. The second-order valence-corrected chi connectivity index (χ2v) is 6.25. The van der Waals surface area contributed by atoms with Crippen LogP contribution in [0.25, 0.3) is 0 Å². The summed E-state index contributed by atoms with van der Waals surface area (Å²) in [4.78, 5) is 14.1. The van der Waals surface area contributed by atoms with Gasteiger partial charge in [0.25, 0.3) is 0 Å². The molecule has 0 saturated carbocycles. The summed E-state index contributed by atoms with van der Waals surface area (Å²) >= 11 is 3.52. The van der Waals surface area contributed by atoms with Crippen molar-refractivity contribution in [2.24, 2.45) is 5.92 Å². The fourth-order valence-electron chi connectivity index (χ4n) is 2.58. The van der Waals surface area contributed by atoms with Crippen LogP contribution in [-0.4, -0.2) is 23.9 Å². The Morgan fingerprint density at radius 1 is 1.44 bits per heavy atom. The molecule has 0 bridgehead atoms. The first-order chi connectivity index (χ1) is 8.58. The van der Waals surface area contributed by atoms with Gasteiger partial charge in [-0.3, -0.25) is 4.79 Å². The Hall–Kier alpha value is -0.830. The van der Waals surface area contributed by atoms with E-state index >= 15 is 0 Å². The van der Waals surface area contributed by atoms with E-state index in [0.29, 0.717) is 5.92 Å². The Morgan fingerprint density at radius 3 is 2.89 bits per heavy atom. The van der Waals surface area contributed by atoms with Crippen LogP contribution in [0.15, 0.2) is 28.7 Å². The van der Waals surface area contributed by atoms with Gasteiger partial charge in [-0.15, -0.1) is 0 Å². The van der Waals surface area contributed by atoms with E-state index in [9.17, 15) is 4.79 Å². The summed E-state index contributed by atoms with van der Waals surface area (Å²) in [7, 11) is 0. The van der Waals surface area contributed by atoms with Crippen molar-refractivity contribution in [1.82, 2.24) is 4.90 Å². The maximum atomic E-state index is 12.1. The van der Waals surface area contributed by atoms with Crippen molar-refractivity contribution in [1.29, 1.82) is 0 Å². The molecule has 0 spiro atoms. The molecule has 0 N–H and O–H groups in total. The standard InChI is InChI=1S/C15H20BrNO/c1-11(2)15(18)17-8-4-6-13(10-17)12-5-3-7-14(16)9-12/h3,5,7,9,11,13H,4,6,8,10H2,1-2H3. The van der Waals surface area contributed by atoms with E-state index in [1.807, 2.05) is 24.8 Å². The van der Waals surface area contributed by atoms with E-state index in [0.717, 1.165) is 24.0 Å². The van der Waals surface area contributed by atoms with Crippen molar-refractivity contribution in [3.63, 3.8) is 0 Å². The van der Waals surface area contributed by atoms with Crippen molar-refractivity contribution >= 4 is 21.8 Å². The van der Waals surface area contributed by atoms with E-state index < -0.39 is 0 Å². The Labute approximate surface area is 117 Å². The number of rotatable bonds is 2. The number of carbonyl (C=O) groups is 1. The van der Waals surface area contributed by atoms with Gasteiger partial charge in [-0.25, -0.2) is 0 Å². The van der Waals surface area contributed by atoms with Gasteiger partial charge in [0.2, 0.25) is 5.91 Å². The Bertz CT molecular complexity index is 430. The highest BCUT2D eigenvalue weighted by Gasteiger charge is 2.25. The maximum Gasteiger partial charge on any atom is 0.225 e. The molecular formula is C15H20BrNO. The summed E-state index contributed by atoms with van der Waals surface area (Å²) in [6, 6.07) is 8.46. The van der Waals surface area contributed by atoms with Gasteiger partial charge in [0.15, 0.2) is 0 Å². The fourth-order valence-corrected chi connectivity index (χ4v) is 2.99. The first kappa shape index (κ1) is 13.6. The highest BCUT2D eigenvalue weighted by Crippen LogP contribution is 2.29. The van der Waals surface area contributed by atoms with Gasteiger partial charge in [-0.05, 0) is 30.5 Å². The number of hydrogen-bond donors (Lipinski definition) is 0. The van der Waals surface area contributed by atoms with Gasteiger partial charge in [0.1, 0.15) is 0 Å². The van der Waals surface area contributed by atoms with E-state index in [2.05, 4.69) is 34.1 Å². The minimum atomic E-state index is 0.103. The van der Waals surface area contributed by atoms with Crippen LogP contribution < -0.4 is 0 Å². The molecule has 0 aromatic heterocycles. The molecule has 1 saturated heterocycles. The largest absolute Gasteiger partial charge is 0.342 e. The number of likely N-dealkylation sites (tertiary alicyclic amines) is 1. The number of benzene rings is 1. The van der Waals surface area contributed by atoms with Gasteiger partial charge < -0.3 is 4.90 Å². The minimum Gasteiger partial charge on any atom is -0.342 e. The number of piperidine rings is 1. The first-order valence-electron chi connectivity index (χ1n) is 6.62. The monoisotopic (exact) mass is 309 g/mol. The number of carbonyl (C=O) groups excluding carboxylic acids is 1. The predicted octanol–water partition coefficient (Wildman–Crippen LogP) is 3.81. The molecule has 2 rings (SSSR count). The molecule has 1 fully saturated rings. The SMILES string of the molecule is CC(C)C(=O)N1CCCC(c2cccc(Br)c2)C1. The van der Waals surface area contributed by atoms with Crippen molar-refractivity contribution in [2.45, 2.75) is 32.6 Å². The van der Waals surface area contributed by atoms with Crippen LogP contribution in [0.5, 0.6) is 0 Å². The van der Waals surface area contributed by atoms with Crippen LogP contribution in [0.3, 0.4) is 0 Å². The van der Waals surface area contributed by atoms with Crippen LogP contribution >= 0.6 is 15.9 Å². The number of halogens is 1. The molecule has 1 aromatic rings. The lowest BCUT2D eigenvalue weighted by Gasteiger charge is -2.34. The third kappa shape index (κ3) is 3.14. The second-order valence-electron chi connectivity index (χ2n) is 5.33. The van der Waals surface area contributed by atoms with Crippen LogP contribution in [0.4, 0.5) is 0 Å². The molecule has 1 atom stereocenters. The fraction of sp³-hybridized carbons (Fsp3) is 0.533. The van der Waals surface area contributed by atoms with Crippen LogP contribution in [0.2, 0.25) is 0 Å². The average Bonchev–Trinajstić information content (AvgIpc) is 2.38. The van der Waals surface area contributed by atoms with Crippen molar-refractivity contribution in [2.75, 3.05) is 13.1 Å². The first-order valence-corrected chi connectivity index (χ1v) is 7.41. The van der Waals surface area contributed by atoms with Crippen molar-refractivity contribution < 1.29 is 4.79 Å². The van der Waals surface area contributed by atoms with Gasteiger partial charge in [0.05, 0.1) is 0 Å². The molecule has 1 aliphatic rings. The van der Waals surface area contributed by atoms with Gasteiger partial charge >= 0.3 is 0 Å². The van der Waals surface area contributed by atoms with Gasteiger partial charge in [-0.2, -0.15) is 0 Å². The highest BCUT2D eigenvalue weighted by molar-refractivity contribution is 9.10. The molecule has 2 nitrogen and oxygen atoms in total. The summed E-state index contributed by atoms with van der Waals surface area (Å²) in [5.74, 6) is 0.875. The molecule has 98 valence electrons. The molecule has 0 radical (unpaired) electrons. The zero-order valence-electron chi connectivity index (χ0n) is 11.0. The third-order valence-electron chi connectivity index (χ3n) is 3.55. The van der Waals surface area contributed by atoms with Gasteiger partial charge in [0, 0.05) is 29.4 Å². The maximum absolute atomic E-state index is 12.1. The van der Waals surface area contributed by atoms with E-state index in [4.69, 9.17) is 0 Å². The molecule has 3 heteroatoms. The van der Waals surface area contributed by atoms with E-state index in [1.165, 1.54) is 12.0 Å². The predicted molar refractivity (Wildman–Crippen MR) is 77.5 cm³/mol. The number of amides is 1. The van der Waals surface area contributed by atoms with Crippen LogP contribution in [-0.2, 0) is 4.79 Å². The Kier molecular flexibility index (Phi) is 4.44. The van der Waals surface area contributed by atoms with Crippen LogP contribution in [0, 0.1) is 5.92 Å². The molecule has 1 unspecified atom stereocenters. The zero-order chi connectivity index (χ0) is 13.1. The molecule has 18 heavy (non-hydrogen) atoms. The van der Waals surface area contributed by atoms with E-state index in [1.54, 1.807) is 0 Å². The minimum absolute atomic E-state index is 0.103. The molecule has 1 amide bonds. The number of nitrogens with zero attached hydrogens (tertiary/aromatic N) is 1. The summed E-state index contributed by atoms with van der Waals surface area (Å²) < 4.78 is 1.12. The summed E-state index contributed by atoms with van der Waals surface area (Å²) in [6.07, 6.45) is 2.29. The smallest absolute Gasteiger partial charge is 0.225 e. The zero-order valence-corrected chi connectivity index (χ0v) is 12.6. The Balaban J connectivity index is 2.09. The molecule has 1 heterocycles. The molecule has 1 aliphatic heterocycles. The lowest BCUT2D eigenvalue weighted by atomic mass is 9.90. The number of hydrogen-bond acceptors (Lipinski definition) is 1. The summed E-state index contributed by atoms with van der Waals surface area (Å²) in [5, 5.41) is 0.